The molecule has 1 saturated heterocycles. The number of fused-ring (bicyclic) bond motifs is 2. The molecule has 4 rings (SSSR count). The predicted octanol–water partition coefficient (Wildman–Crippen LogP) is -0.679. The number of esters is 1. The van der Waals surface area contributed by atoms with E-state index in [-0.39, 0.29) is 29.0 Å². The molecule has 3 heterocycles. The summed E-state index contributed by atoms with van der Waals surface area (Å²) in [5.41, 5.74) is 0.0401. The fourth-order valence-corrected chi connectivity index (χ4v) is 5.97. The van der Waals surface area contributed by atoms with E-state index in [1.807, 2.05) is 0 Å². The summed E-state index contributed by atoms with van der Waals surface area (Å²) in [6.07, 6.45) is 0. The van der Waals surface area contributed by atoms with Crippen LogP contribution in [0.25, 0.3) is 0 Å². The Morgan fingerprint density at radius 3 is 2.17 bits per heavy atom. The van der Waals surface area contributed by atoms with E-state index >= 15 is 0 Å². The molecular weight excluding hydrogens is 404 g/mol. The maximum atomic E-state index is 12.9. The molecule has 0 saturated carbocycles. The molecule has 10 nitrogen and oxygen atoms in total. The third-order valence-electron chi connectivity index (χ3n) is 5.14. The Kier molecular flexibility index (Phi) is 4.32. The Morgan fingerprint density at radius 1 is 1.07 bits per heavy atom. The van der Waals surface area contributed by atoms with Crippen molar-refractivity contribution in [2.24, 2.45) is 0 Å². The van der Waals surface area contributed by atoms with E-state index in [0.29, 0.717) is 4.90 Å². The van der Waals surface area contributed by atoms with Gasteiger partial charge < -0.3 is 9.47 Å². The number of ether oxygens (including phenoxy) is 2. The van der Waals surface area contributed by atoms with Crippen LogP contribution in [-0.4, -0.2) is 79.9 Å². The monoisotopic (exact) mass is 420 g/mol. The summed E-state index contributed by atoms with van der Waals surface area (Å²) in [4.78, 5) is 52.1. The molecule has 3 aliphatic rings. The number of carbonyl (C=O) groups is 4. The van der Waals surface area contributed by atoms with Crippen molar-refractivity contribution in [3.05, 3.63) is 46.7 Å². The number of sulfone groups is 1. The highest BCUT2D eigenvalue weighted by atomic mass is 32.2. The lowest BCUT2D eigenvalue weighted by atomic mass is 10.0. The number of imide groups is 1. The van der Waals surface area contributed by atoms with Gasteiger partial charge >= 0.3 is 5.97 Å². The Morgan fingerprint density at radius 2 is 1.66 bits per heavy atom. The largest absolute Gasteiger partial charge is 0.464 e. The predicted molar refractivity (Wildman–Crippen MR) is 96.1 cm³/mol. The lowest BCUT2D eigenvalue weighted by Gasteiger charge is -2.51. The standard InChI is InChI=1S/C18H16N2O8S/c1-27-7-9-8-29(25,26)17-13(16(23)20(17)12(9)18(24)28-2)19-14(21)10-5-3-4-6-11(10)15(19)22/h3-6,13,17H,7-8H2,1-2H3/t13-,17-/m1/s1. The number of hydrogen-bond donors (Lipinski definition) is 0. The molecular formula is C18H16N2O8S. The topological polar surface area (TPSA) is 127 Å². The Bertz CT molecular complexity index is 1070. The fourth-order valence-electron chi connectivity index (χ4n) is 3.93. The van der Waals surface area contributed by atoms with E-state index < -0.39 is 50.7 Å². The first-order valence-corrected chi connectivity index (χ1v) is 10.3. The average Bonchev–Trinajstić information content (AvgIpc) is 2.93. The molecule has 0 unspecified atom stereocenters. The molecule has 3 amide bonds. The molecule has 0 spiro atoms. The lowest BCUT2D eigenvalue weighted by molar-refractivity contribution is -0.153. The molecule has 11 heteroatoms. The van der Waals surface area contributed by atoms with Crippen molar-refractivity contribution < 1.29 is 37.1 Å². The highest BCUT2D eigenvalue weighted by molar-refractivity contribution is 7.92. The summed E-state index contributed by atoms with van der Waals surface area (Å²) in [5.74, 6) is -3.79. The number of rotatable bonds is 4. The smallest absolute Gasteiger partial charge is 0.354 e. The van der Waals surface area contributed by atoms with E-state index in [2.05, 4.69) is 0 Å². The molecule has 2 atom stereocenters. The van der Waals surface area contributed by atoms with Gasteiger partial charge in [-0.1, -0.05) is 12.1 Å². The number of β-lactam (4-membered cyclic amide) rings is 1. The number of carbonyl (C=O) groups excluding carboxylic acids is 4. The molecule has 1 aromatic carbocycles. The van der Waals surface area contributed by atoms with Gasteiger partial charge in [0.15, 0.2) is 21.3 Å². The third-order valence-corrected chi connectivity index (χ3v) is 7.09. The van der Waals surface area contributed by atoms with E-state index in [0.717, 1.165) is 12.0 Å². The molecule has 0 bridgehead atoms. The maximum Gasteiger partial charge on any atom is 0.354 e. The minimum absolute atomic E-state index is 0.0739. The van der Waals surface area contributed by atoms with Crippen LogP contribution < -0.4 is 0 Å². The summed E-state index contributed by atoms with van der Waals surface area (Å²) >= 11 is 0. The first-order chi connectivity index (χ1) is 13.7. The van der Waals surface area contributed by atoms with Gasteiger partial charge in [0.05, 0.1) is 30.6 Å². The summed E-state index contributed by atoms with van der Waals surface area (Å²) in [6.45, 7) is -0.197. The highest BCUT2D eigenvalue weighted by Gasteiger charge is 2.65. The average molecular weight is 420 g/mol. The zero-order valence-corrected chi connectivity index (χ0v) is 16.3. The van der Waals surface area contributed by atoms with Gasteiger partial charge in [-0.3, -0.25) is 24.2 Å². The Labute approximate surface area is 165 Å². The minimum atomic E-state index is -4.01. The van der Waals surface area contributed by atoms with Crippen molar-refractivity contribution in [3.8, 4) is 0 Å². The van der Waals surface area contributed by atoms with E-state index in [1.165, 1.54) is 19.2 Å². The molecule has 152 valence electrons. The summed E-state index contributed by atoms with van der Waals surface area (Å²) < 4.78 is 35.5. The second-order valence-electron chi connectivity index (χ2n) is 6.75. The quantitative estimate of drug-likeness (QED) is 0.356. The molecule has 1 fully saturated rings. The normalized spacial score (nSPS) is 25.0. The lowest BCUT2D eigenvalue weighted by Crippen LogP contribution is -2.75. The van der Waals surface area contributed by atoms with Crippen LogP contribution in [0.3, 0.4) is 0 Å². The number of benzene rings is 1. The first kappa shape index (κ1) is 19.3. The van der Waals surface area contributed by atoms with E-state index in [4.69, 9.17) is 9.47 Å². The van der Waals surface area contributed by atoms with Gasteiger partial charge in [0, 0.05) is 12.7 Å². The van der Waals surface area contributed by atoms with Crippen molar-refractivity contribution in [2.75, 3.05) is 26.6 Å². The van der Waals surface area contributed by atoms with Crippen LogP contribution in [0.5, 0.6) is 0 Å². The summed E-state index contributed by atoms with van der Waals surface area (Å²) in [5, 5.41) is -1.55. The van der Waals surface area contributed by atoms with Gasteiger partial charge in [0.2, 0.25) is 0 Å². The van der Waals surface area contributed by atoms with Crippen LogP contribution in [0.15, 0.2) is 35.5 Å². The molecule has 0 aromatic heterocycles. The fraction of sp³-hybridized carbons (Fsp3) is 0.333. The molecule has 29 heavy (non-hydrogen) atoms. The zero-order valence-electron chi connectivity index (χ0n) is 15.4. The number of methoxy groups -OCH3 is 2. The Balaban J connectivity index is 1.79. The van der Waals surface area contributed by atoms with Gasteiger partial charge in [0.25, 0.3) is 17.7 Å². The van der Waals surface area contributed by atoms with Gasteiger partial charge in [-0.15, -0.1) is 0 Å². The van der Waals surface area contributed by atoms with Gasteiger partial charge in [0.1, 0.15) is 5.70 Å². The van der Waals surface area contributed by atoms with Crippen molar-refractivity contribution in [1.82, 2.24) is 9.80 Å². The summed E-state index contributed by atoms with van der Waals surface area (Å²) in [6, 6.07) is 4.45. The van der Waals surface area contributed by atoms with Gasteiger partial charge in [-0.2, -0.15) is 0 Å². The van der Waals surface area contributed by atoms with Crippen molar-refractivity contribution in [3.63, 3.8) is 0 Å². The zero-order chi connectivity index (χ0) is 21.1. The van der Waals surface area contributed by atoms with E-state index in [9.17, 15) is 27.6 Å². The number of nitrogens with zero attached hydrogens (tertiary/aromatic N) is 2. The van der Waals surface area contributed by atoms with E-state index in [1.54, 1.807) is 12.1 Å². The number of hydrogen-bond acceptors (Lipinski definition) is 8. The number of amides is 3. The maximum absolute atomic E-state index is 12.9. The van der Waals surface area contributed by atoms with Crippen molar-refractivity contribution in [2.45, 2.75) is 11.4 Å². The Hall–Kier alpha value is -3.05. The molecule has 0 aliphatic carbocycles. The summed E-state index contributed by atoms with van der Waals surface area (Å²) in [7, 11) is -1.59. The van der Waals surface area contributed by atoms with Crippen LogP contribution in [-0.2, 0) is 28.9 Å². The van der Waals surface area contributed by atoms with Crippen LogP contribution in [0.4, 0.5) is 0 Å². The van der Waals surface area contributed by atoms with Crippen LogP contribution >= 0.6 is 0 Å². The first-order valence-electron chi connectivity index (χ1n) is 8.55. The molecule has 0 radical (unpaired) electrons. The molecule has 1 aromatic rings. The van der Waals surface area contributed by atoms with Gasteiger partial charge in [-0.05, 0) is 12.1 Å². The third kappa shape index (κ3) is 2.54. The van der Waals surface area contributed by atoms with Crippen LogP contribution in [0.1, 0.15) is 20.7 Å². The van der Waals surface area contributed by atoms with Crippen molar-refractivity contribution in [1.29, 1.82) is 0 Å². The second-order valence-corrected chi connectivity index (χ2v) is 8.85. The minimum Gasteiger partial charge on any atom is -0.464 e. The van der Waals surface area contributed by atoms with Crippen LogP contribution in [0.2, 0.25) is 0 Å². The SMILES string of the molecule is COCC1=C(C(=O)OC)N2C(=O)[C@@H](N3C(=O)c4ccccc4C3=O)[C@H]2S(=O)(=O)C1. The van der Waals surface area contributed by atoms with Crippen LogP contribution in [0, 0.1) is 0 Å². The highest BCUT2D eigenvalue weighted by Crippen LogP contribution is 2.41. The molecule has 3 aliphatic heterocycles. The van der Waals surface area contributed by atoms with Crippen molar-refractivity contribution >= 4 is 33.5 Å². The van der Waals surface area contributed by atoms with Gasteiger partial charge in [-0.25, -0.2) is 13.2 Å². The molecule has 0 N–H and O–H groups in total. The second kappa shape index (κ2) is 6.49.